The molecule has 1 atom stereocenters. The van der Waals surface area contributed by atoms with Crippen LogP contribution in [0, 0.1) is 6.08 Å². The van der Waals surface area contributed by atoms with Crippen LogP contribution in [0.4, 0.5) is 0 Å². The third kappa shape index (κ3) is 2.14. The van der Waals surface area contributed by atoms with Crippen LogP contribution in [0.15, 0.2) is 18.2 Å². The predicted molar refractivity (Wildman–Crippen MR) is 60.4 cm³/mol. The van der Waals surface area contributed by atoms with Crippen molar-refractivity contribution in [2.75, 3.05) is 40.3 Å². The van der Waals surface area contributed by atoms with Crippen LogP contribution in [0.25, 0.3) is 0 Å². The fourth-order valence-electron chi connectivity index (χ4n) is 2.20. The quantitative estimate of drug-likeness (QED) is 0.669. The minimum atomic E-state index is -0.240. The maximum Gasteiger partial charge on any atom is 0.144 e. The van der Waals surface area contributed by atoms with Gasteiger partial charge in [0, 0.05) is 39.7 Å². The second-order valence-electron chi connectivity index (χ2n) is 4.25. The molecule has 1 aliphatic heterocycles. The molecule has 0 spiro atoms. The lowest BCUT2D eigenvalue weighted by Crippen LogP contribution is -2.56. The smallest absolute Gasteiger partial charge is 0.144 e. The van der Waals surface area contributed by atoms with E-state index in [-0.39, 0.29) is 5.72 Å². The molecule has 0 aromatic heterocycles. The zero-order chi connectivity index (χ0) is 10.7. The van der Waals surface area contributed by atoms with E-state index in [2.05, 4.69) is 29.0 Å². The zero-order valence-corrected chi connectivity index (χ0v) is 9.57. The van der Waals surface area contributed by atoms with E-state index < -0.39 is 0 Å². The van der Waals surface area contributed by atoms with Gasteiger partial charge < -0.3 is 9.64 Å². The van der Waals surface area contributed by atoms with Crippen molar-refractivity contribution in [2.45, 2.75) is 12.1 Å². The Hall–Kier alpha value is -0.640. The molecule has 1 saturated heterocycles. The van der Waals surface area contributed by atoms with Crippen molar-refractivity contribution >= 4 is 0 Å². The number of ether oxygens (including phenoxy) is 1. The van der Waals surface area contributed by atoms with E-state index in [0.717, 1.165) is 32.6 Å². The van der Waals surface area contributed by atoms with Crippen LogP contribution in [0.3, 0.4) is 0 Å². The average Bonchev–Trinajstić information content (AvgIpc) is 2.31. The van der Waals surface area contributed by atoms with Crippen molar-refractivity contribution in [1.82, 2.24) is 9.80 Å². The molecular formula is C12H19N2O. The second-order valence-corrected chi connectivity index (χ2v) is 4.25. The molecule has 2 rings (SSSR count). The van der Waals surface area contributed by atoms with Crippen molar-refractivity contribution in [3.63, 3.8) is 0 Å². The summed E-state index contributed by atoms with van der Waals surface area (Å²) in [6, 6.07) is 0. The third-order valence-corrected chi connectivity index (χ3v) is 3.32. The molecule has 3 nitrogen and oxygen atoms in total. The molecule has 0 amide bonds. The van der Waals surface area contributed by atoms with Crippen molar-refractivity contribution in [3.8, 4) is 0 Å². The normalized spacial score (nSPS) is 33.5. The molecule has 0 aromatic rings. The summed E-state index contributed by atoms with van der Waals surface area (Å²) in [5.41, 5.74) is -0.240. The van der Waals surface area contributed by atoms with E-state index in [1.165, 1.54) is 0 Å². The highest BCUT2D eigenvalue weighted by Gasteiger charge is 2.35. The van der Waals surface area contributed by atoms with Crippen LogP contribution in [0.1, 0.15) is 6.42 Å². The van der Waals surface area contributed by atoms with E-state index in [1.807, 2.05) is 12.2 Å². The second kappa shape index (κ2) is 4.47. The van der Waals surface area contributed by atoms with Gasteiger partial charge in [-0.1, -0.05) is 12.2 Å². The number of piperazine rings is 1. The SMILES string of the molecule is COC1(N2CCN(C)CC2)C=CC=[C]C1. The first-order chi connectivity index (χ1) is 7.27. The Bertz CT molecular complexity index is 267. The van der Waals surface area contributed by atoms with E-state index in [9.17, 15) is 0 Å². The zero-order valence-electron chi connectivity index (χ0n) is 9.57. The number of methoxy groups -OCH3 is 1. The number of nitrogens with zero attached hydrogens (tertiary/aromatic N) is 2. The largest absolute Gasteiger partial charge is 0.360 e. The summed E-state index contributed by atoms with van der Waals surface area (Å²) < 4.78 is 5.69. The Morgan fingerprint density at radius 2 is 2.00 bits per heavy atom. The van der Waals surface area contributed by atoms with Gasteiger partial charge in [-0.05, 0) is 19.2 Å². The van der Waals surface area contributed by atoms with Crippen LogP contribution in [0.2, 0.25) is 0 Å². The van der Waals surface area contributed by atoms with E-state index in [1.54, 1.807) is 7.11 Å². The number of likely N-dealkylation sites (N-methyl/N-ethyl adjacent to an activating group) is 1. The van der Waals surface area contributed by atoms with Gasteiger partial charge in [-0.3, -0.25) is 4.90 Å². The average molecular weight is 207 g/mol. The predicted octanol–water partition coefficient (Wildman–Crippen LogP) is 0.896. The highest BCUT2D eigenvalue weighted by Crippen LogP contribution is 2.26. The van der Waals surface area contributed by atoms with Crippen molar-refractivity contribution < 1.29 is 4.74 Å². The molecule has 15 heavy (non-hydrogen) atoms. The van der Waals surface area contributed by atoms with Crippen molar-refractivity contribution in [1.29, 1.82) is 0 Å². The van der Waals surface area contributed by atoms with Gasteiger partial charge in [-0.2, -0.15) is 0 Å². The van der Waals surface area contributed by atoms with Crippen LogP contribution < -0.4 is 0 Å². The fraction of sp³-hybridized carbons (Fsp3) is 0.667. The van der Waals surface area contributed by atoms with E-state index >= 15 is 0 Å². The summed E-state index contributed by atoms with van der Waals surface area (Å²) in [6.07, 6.45) is 10.2. The Kier molecular flexibility index (Phi) is 3.24. The van der Waals surface area contributed by atoms with Gasteiger partial charge in [0.2, 0.25) is 0 Å². The summed E-state index contributed by atoms with van der Waals surface area (Å²) in [6.45, 7) is 4.36. The summed E-state index contributed by atoms with van der Waals surface area (Å²) in [7, 11) is 3.95. The van der Waals surface area contributed by atoms with Crippen LogP contribution in [-0.2, 0) is 4.74 Å². The van der Waals surface area contributed by atoms with Gasteiger partial charge in [0.1, 0.15) is 5.72 Å². The Balaban J connectivity index is 2.06. The number of hydrogen-bond acceptors (Lipinski definition) is 3. The van der Waals surface area contributed by atoms with Gasteiger partial charge in [-0.15, -0.1) is 0 Å². The van der Waals surface area contributed by atoms with Crippen molar-refractivity contribution in [3.05, 3.63) is 24.3 Å². The molecule has 1 fully saturated rings. The van der Waals surface area contributed by atoms with E-state index in [4.69, 9.17) is 4.74 Å². The molecule has 2 aliphatic rings. The van der Waals surface area contributed by atoms with Gasteiger partial charge in [0.15, 0.2) is 0 Å². The lowest BCUT2D eigenvalue weighted by molar-refractivity contribution is -0.112. The standard InChI is InChI=1S/C12H19N2O/c1-13-8-10-14(11-9-13)12(15-2)6-4-3-5-7-12/h3-4,6H,7-11H2,1-2H3. The maximum atomic E-state index is 5.69. The first-order valence-electron chi connectivity index (χ1n) is 5.50. The number of rotatable bonds is 2. The first-order valence-corrected chi connectivity index (χ1v) is 5.50. The molecule has 1 unspecified atom stereocenters. The van der Waals surface area contributed by atoms with Crippen LogP contribution in [0.5, 0.6) is 0 Å². The summed E-state index contributed by atoms with van der Waals surface area (Å²) in [5.74, 6) is 0. The van der Waals surface area contributed by atoms with Gasteiger partial charge in [0.05, 0.1) is 0 Å². The molecule has 1 radical (unpaired) electrons. The van der Waals surface area contributed by atoms with Crippen molar-refractivity contribution in [2.24, 2.45) is 0 Å². The molecule has 3 heteroatoms. The molecular weight excluding hydrogens is 188 g/mol. The molecule has 0 aromatic carbocycles. The molecule has 1 heterocycles. The molecule has 0 bridgehead atoms. The summed E-state index contributed by atoms with van der Waals surface area (Å²) >= 11 is 0. The lowest BCUT2D eigenvalue weighted by Gasteiger charge is -2.44. The molecule has 83 valence electrons. The maximum absolute atomic E-state index is 5.69. The van der Waals surface area contributed by atoms with Gasteiger partial charge in [0.25, 0.3) is 0 Å². The molecule has 1 aliphatic carbocycles. The number of hydrogen-bond donors (Lipinski definition) is 0. The summed E-state index contributed by atoms with van der Waals surface area (Å²) in [5, 5.41) is 0. The highest BCUT2D eigenvalue weighted by atomic mass is 16.5. The van der Waals surface area contributed by atoms with Crippen LogP contribution >= 0.6 is 0 Å². The molecule has 0 N–H and O–H groups in total. The highest BCUT2D eigenvalue weighted by molar-refractivity contribution is 5.15. The van der Waals surface area contributed by atoms with Gasteiger partial charge in [-0.25, -0.2) is 0 Å². The third-order valence-electron chi connectivity index (χ3n) is 3.32. The Morgan fingerprint density at radius 3 is 2.53 bits per heavy atom. The fourth-order valence-corrected chi connectivity index (χ4v) is 2.20. The monoisotopic (exact) mass is 207 g/mol. The Labute approximate surface area is 92.0 Å². The number of allylic oxidation sites excluding steroid dienone is 2. The minimum absolute atomic E-state index is 0.240. The van der Waals surface area contributed by atoms with Crippen LogP contribution in [-0.4, -0.2) is 55.9 Å². The minimum Gasteiger partial charge on any atom is -0.360 e. The molecule has 0 saturated carbocycles. The lowest BCUT2D eigenvalue weighted by atomic mass is 10.0. The topological polar surface area (TPSA) is 15.7 Å². The summed E-state index contributed by atoms with van der Waals surface area (Å²) in [4.78, 5) is 4.76. The Morgan fingerprint density at radius 1 is 1.27 bits per heavy atom. The van der Waals surface area contributed by atoms with E-state index in [0.29, 0.717) is 0 Å². The van der Waals surface area contributed by atoms with Gasteiger partial charge >= 0.3 is 0 Å². The first kappa shape index (κ1) is 10.9.